The van der Waals surface area contributed by atoms with E-state index >= 15 is 0 Å². The summed E-state index contributed by atoms with van der Waals surface area (Å²) < 4.78 is 40.4. The number of nitrogens with one attached hydrogen (secondary N) is 3. The second kappa shape index (κ2) is 19.0. The molecule has 0 amide bonds. The number of para-hydroxylation sites is 2. The van der Waals surface area contributed by atoms with Crippen molar-refractivity contribution in [2.45, 2.75) is 64.3 Å². The van der Waals surface area contributed by atoms with Crippen molar-refractivity contribution in [2.75, 3.05) is 17.2 Å². The maximum absolute atomic E-state index is 14.8. The molecule has 0 aliphatic carbocycles. The standard InChI is InChI=1S/C28H27FN6O2.C23H19FN6O/c1-2-21(33-26-25-27(31-16-30-26)34(17-32-25)23-13-6-7-14-37-23)22-15-18-9-8-12-20(29)24(18)28(36)35(22)19-10-4-3-5-11-19;1-2-17(29-22-20-21(26-12-25-20)27-13-28-22)18-11-14-7-6-10-16(24)19(14)23(31)30(18)15-8-4-3-5-9-15/h3-5,8-12,15-17,21,23H,2,6-7,13-14H2,1H3,(H,30,31,33);3-13,17H,2H2,1H3,(H2,25,26,27,28,29)/t21-,23?;17-/m00/s1. The molecule has 1 fully saturated rings. The van der Waals surface area contributed by atoms with E-state index in [1.54, 1.807) is 46.1 Å². The molecule has 68 heavy (non-hydrogen) atoms. The fourth-order valence-electron chi connectivity index (χ4n) is 8.97. The van der Waals surface area contributed by atoms with Crippen LogP contribution in [-0.2, 0) is 4.74 Å². The largest absolute Gasteiger partial charge is 0.360 e. The van der Waals surface area contributed by atoms with Gasteiger partial charge in [0.15, 0.2) is 28.4 Å². The number of imidazole rings is 2. The van der Waals surface area contributed by atoms with Crippen molar-refractivity contribution in [3.63, 3.8) is 0 Å². The van der Waals surface area contributed by atoms with Gasteiger partial charge in [-0.1, -0.05) is 74.5 Å². The average molecular weight is 913 g/mol. The predicted octanol–water partition coefficient (Wildman–Crippen LogP) is 9.89. The van der Waals surface area contributed by atoms with Gasteiger partial charge in [0.05, 0.1) is 35.5 Å². The summed E-state index contributed by atoms with van der Waals surface area (Å²) in [6.07, 6.45) is 10.5. The summed E-state index contributed by atoms with van der Waals surface area (Å²) in [6, 6.07) is 31.1. The summed E-state index contributed by atoms with van der Waals surface area (Å²) in [6.45, 7) is 4.76. The van der Waals surface area contributed by atoms with E-state index in [1.807, 2.05) is 91.2 Å². The van der Waals surface area contributed by atoms with Gasteiger partial charge in [-0.25, -0.2) is 38.7 Å². The number of anilines is 2. The third kappa shape index (κ3) is 8.21. The smallest absolute Gasteiger partial charge is 0.266 e. The topological polar surface area (TPSA) is 175 Å². The van der Waals surface area contributed by atoms with E-state index in [1.165, 1.54) is 24.8 Å². The van der Waals surface area contributed by atoms with Crippen molar-refractivity contribution in [2.24, 2.45) is 0 Å². The molecular weight excluding hydrogens is 867 g/mol. The summed E-state index contributed by atoms with van der Waals surface area (Å²) >= 11 is 0. The molecule has 1 saturated heterocycles. The van der Waals surface area contributed by atoms with E-state index in [-0.39, 0.29) is 29.1 Å². The van der Waals surface area contributed by atoms with Crippen LogP contribution in [0.4, 0.5) is 20.4 Å². The first-order chi connectivity index (χ1) is 33.3. The Morgan fingerprint density at radius 1 is 0.676 bits per heavy atom. The number of hydrogen-bond donors (Lipinski definition) is 3. The molecule has 0 saturated carbocycles. The lowest BCUT2D eigenvalue weighted by Gasteiger charge is -2.24. The molecule has 342 valence electrons. The molecule has 4 aromatic carbocycles. The molecule has 1 aliphatic rings. The third-order valence-electron chi connectivity index (χ3n) is 12.3. The molecule has 1 aliphatic heterocycles. The number of aromatic nitrogens is 10. The summed E-state index contributed by atoms with van der Waals surface area (Å²) in [4.78, 5) is 56.5. The Hall–Kier alpha value is -8.18. The van der Waals surface area contributed by atoms with E-state index in [0.29, 0.717) is 80.3 Å². The van der Waals surface area contributed by atoms with E-state index in [2.05, 4.69) is 45.5 Å². The molecule has 0 spiro atoms. The fraction of sp³-hybridized carbons (Fsp3) is 0.216. The minimum atomic E-state index is -0.535. The van der Waals surface area contributed by atoms with Crippen LogP contribution in [0.5, 0.6) is 0 Å². The van der Waals surface area contributed by atoms with Crippen LogP contribution in [-0.4, -0.2) is 55.2 Å². The molecule has 11 rings (SSSR count). The van der Waals surface area contributed by atoms with Crippen molar-refractivity contribution in [1.29, 1.82) is 0 Å². The van der Waals surface area contributed by atoms with Gasteiger partial charge in [0.1, 0.15) is 36.0 Å². The molecule has 7 heterocycles. The van der Waals surface area contributed by atoms with Gasteiger partial charge >= 0.3 is 0 Å². The molecule has 0 radical (unpaired) electrons. The fourth-order valence-corrected chi connectivity index (χ4v) is 8.97. The van der Waals surface area contributed by atoms with Gasteiger partial charge in [0.25, 0.3) is 11.1 Å². The second-order valence-electron chi connectivity index (χ2n) is 16.4. The number of hydrogen-bond acceptors (Lipinski definition) is 11. The van der Waals surface area contributed by atoms with Crippen LogP contribution in [0.2, 0.25) is 0 Å². The molecular formula is C51H46F2N12O3. The number of rotatable bonds is 11. The Balaban J connectivity index is 0.000000161. The first-order valence-corrected chi connectivity index (χ1v) is 22.6. The number of benzene rings is 4. The lowest BCUT2D eigenvalue weighted by molar-refractivity contribution is -0.0298. The highest BCUT2D eigenvalue weighted by molar-refractivity contribution is 5.86. The maximum atomic E-state index is 14.8. The molecule has 1 unspecified atom stereocenters. The number of pyridine rings is 2. The quantitative estimate of drug-likeness (QED) is 0.113. The Morgan fingerprint density at radius 3 is 1.82 bits per heavy atom. The molecule has 15 nitrogen and oxygen atoms in total. The molecule has 6 aromatic heterocycles. The van der Waals surface area contributed by atoms with Crippen LogP contribution in [0.1, 0.15) is 75.7 Å². The van der Waals surface area contributed by atoms with Crippen LogP contribution in [0.3, 0.4) is 0 Å². The van der Waals surface area contributed by atoms with Crippen molar-refractivity contribution in [1.82, 2.24) is 48.6 Å². The lowest BCUT2D eigenvalue weighted by Crippen LogP contribution is -2.27. The minimum Gasteiger partial charge on any atom is -0.360 e. The third-order valence-corrected chi connectivity index (χ3v) is 12.3. The molecule has 10 aromatic rings. The van der Waals surface area contributed by atoms with Gasteiger partial charge in [-0.15, -0.1) is 0 Å². The zero-order valence-corrected chi connectivity index (χ0v) is 37.2. The number of nitrogens with zero attached hydrogens (tertiary/aromatic N) is 9. The van der Waals surface area contributed by atoms with E-state index in [0.717, 1.165) is 25.9 Å². The van der Waals surface area contributed by atoms with Gasteiger partial charge < -0.3 is 20.4 Å². The van der Waals surface area contributed by atoms with Crippen molar-refractivity contribution >= 4 is 55.5 Å². The van der Waals surface area contributed by atoms with E-state index in [4.69, 9.17) is 4.74 Å². The van der Waals surface area contributed by atoms with Gasteiger partial charge in [-0.2, -0.15) is 0 Å². The minimum absolute atomic E-state index is 0.0700. The number of aromatic amines is 1. The first-order valence-electron chi connectivity index (χ1n) is 22.6. The van der Waals surface area contributed by atoms with Gasteiger partial charge in [0, 0.05) is 29.4 Å². The Labute approximate surface area is 387 Å². The first kappa shape index (κ1) is 43.7. The van der Waals surface area contributed by atoms with Crippen LogP contribution >= 0.6 is 0 Å². The zero-order valence-electron chi connectivity index (χ0n) is 37.2. The average Bonchev–Trinajstić information content (AvgIpc) is 4.05. The molecule has 0 bridgehead atoms. The van der Waals surface area contributed by atoms with Crippen LogP contribution in [0.15, 0.2) is 144 Å². The van der Waals surface area contributed by atoms with Gasteiger partial charge in [-0.05, 0) is 91.4 Å². The number of fused-ring (bicyclic) bond motifs is 4. The summed E-state index contributed by atoms with van der Waals surface area (Å²) in [5.41, 5.74) is 4.52. The van der Waals surface area contributed by atoms with E-state index < -0.39 is 22.8 Å². The summed E-state index contributed by atoms with van der Waals surface area (Å²) in [5, 5.41) is 8.17. The van der Waals surface area contributed by atoms with E-state index in [9.17, 15) is 18.4 Å². The number of ether oxygens (including phenoxy) is 1. The summed E-state index contributed by atoms with van der Waals surface area (Å²) in [7, 11) is 0. The van der Waals surface area contributed by atoms with Gasteiger partial charge in [0.2, 0.25) is 0 Å². The van der Waals surface area contributed by atoms with Crippen LogP contribution in [0.25, 0.3) is 55.2 Å². The highest BCUT2D eigenvalue weighted by Crippen LogP contribution is 2.32. The normalized spacial score (nSPS) is 14.7. The number of H-pyrrole nitrogens is 1. The summed E-state index contributed by atoms with van der Waals surface area (Å²) in [5.74, 6) is 0.0842. The van der Waals surface area contributed by atoms with Gasteiger partial charge in [-0.3, -0.25) is 23.3 Å². The molecule has 3 N–H and O–H groups in total. The SMILES string of the molecule is CC[C@H](Nc1ncnc2c1ncn2C1CCCCO1)c1cc2cccc(F)c2c(=O)n1-c1ccccc1.CC[C@H](Nc1ncnc2nc[nH]c12)c1cc2cccc(F)c2c(=O)n1-c1ccccc1. The monoisotopic (exact) mass is 912 g/mol. The highest BCUT2D eigenvalue weighted by atomic mass is 19.1. The zero-order chi connectivity index (χ0) is 46.7. The van der Waals surface area contributed by atoms with Crippen molar-refractivity contribution in [3.8, 4) is 11.4 Å². The van der Waals surface area contributed by atoms with Crippen LogP contribution in [0, 0.1) is 11.6 Å². The second-order valence-corrected chi connectivity index (χ2v) is 16.4. The molecule has 17 heteroatoms. The van der Waals surface area contributed by atoms with Crippen molar-refractivity contribution < 1.29 is 13.5 Å². The Bertz CT molecular complexity index is 3540. The highest BCUT2D eigenvalue weighted by Gasteiger charge is 2.25. The number of halogens is 2. The van der Waals surface area contributed by atoms with Crippen LogP contribution < -0.4 is 21.8 Å². The Morgan fingerprint density at radius 2 is 1.25 bits per heavy atom. The lowest BCUT2D eigenvalue weighted by atomic mass is 10.0. The molecule has 3 atom stereocenters. The Kier molecular flexibility index (Phi) is 12.2. The predicted molar refractivity (Wildman–Crippen MR) is 258 cm³/mol. The van der Waals surface area contributed by atoms with Crippen molar-refractivity contribution in [3.05, 3.63) is 178 Å². The maximum Gasteiger partial charge on any atom is 0.266 e.